The second kappa shape index (κ2) is 7.35. The SMILES string of the molecule is O=C(O)C1CCN(C(=O)c2ccc3c(c2)C(=O)N(CC2CCCO2)C3=O)CC1. The summed E-state index contributed by atoms with van der Waals surface area (Å²) < 4.78 is 5.53. The molecule has 0 spiro atoms. The fourth-order valence-electron chi connectivity index (χ4n) is 4.09. The van der Waals surface area contributed by atoms with E-state index in [1.807, 2.05) is 0 Å². The van der Waals surface area contributed by atoms with Gasteiger partial charge in [-0.2, -0.15) is 0 Å². The number of imide groups is 1. The molecule has 2 saturated heterocycles. The number of ether oxygens (including phenoxy) is 1. The summed E-state index contributed by atoms with van der Waals surface area (Å²) >= 11 is 0. The number of piperidine rings is 1. The van der Waals surface area contributed by atoms with Gasteiger partial charge in [0.25, 0.3) is 17.7 Å². The fourth-order valence-corrected chi connectivity index (χ4v) is 4.09. The summed E-state index contributed by atoms with van der Waals surface area (Å²) in [6, 6.07) is 4.57. The zero-order chi connectivity index (χ0) is 19.8. The summed E-state index contributed by atoms with van der Waals surface area (Å²) in [5.41, 5.74) is 0.894. The van der Waals surface area contributed by atoms with Crippen molar-refractivity contribution in [2.24, 2.45) is 5.92 Å². The Labute approximate surface area is 162 Å². The number of carboxylic acids is 1. The highest BCUT2D eigenvalue weighted by atomic mass is 16.5. The van der Waals surface area contributed by atoms with Gasteiger partial charge in [-0.3, -0.25) is 24.1 Å². The van der Waals surface area contributed by atoms with E-state index in [9.17, 15) is 19.2 Å². The Morgan fingerprint density at radius 2 is 1.79 bits per heavy atom. The molecular weight excluding hydrogens is 364 g/mol. The lowest BCUT2D eigenvalue weighted by atomic mass is 9.96. The smallest absolute Gasteiger partial charge is 0.306 e. The first kappa shape index (κ1) is 18.6. The highest BCUT2D eigenvalue weighted by Crippen LogP contribution is 2.27. The first-order valence-electron chi connectivity index (χ1n) is 9.59. The molecule has 1 N–H and O–H groups in total. The van der Waals surface area contributed by atoms with Crippen LogP contribution in [0.15, 0.2) is 18.2 Å². The third-order valence-electron chi connectivity index (χ3n) is 5.76. The fraction of sp³-hybridized carbons (Fsp3) is 0.500. The molecule has 3 heterocycles. The van der Waals surface area contributed by atoms with Crippen LogP contribution >= 0.6 is 0 Å². The van der Waals surface area contributed by atoms with E-state index in [2.05, 4.69) is 0 Å². The van der Waals surface area contributed by atoms with Crippen molar-refractivity contribution in [2.45, 2.75) is 31.8 Å². The van der Waals surface area contributed by atoms with Crippen LogP contribution in [0.4, 0.5) is 0 Å². The van der Waals surface area contributed by atoms with Gasteiger partial charge in [-0.1, -0.05) is 0 Å². The molecule has 3 aliphatic rings. The summed E-state index contributed by atoms with van der Waals surface area (Å²) in [5, 5.41) is 9.08. The summed E-state index contributed by atoms with van der Waals surface area (Å²) in [5.74, 6) is -2.24. The molecule has 28 heavy (non-hydrogen) atoms. The largest absolute Gasteiger partial charge is 0.481 e. The maximum atomic E-state index is 12.8. The topological polar surface area (TPSA) is 104 Å². The number of benzene rings is 1. The van der Waals surface area contributed by atoms with Crippen LogP contribution in [0, 0.1) is 5.92 Å². The van der Waals surface area contributed by atoms with Gasteiger partial charge in [-0.05, 0) is 43.9 Å². The Kier molecular flexibility index (Phi) is 4.89. The highest BCUT2D eigenvalue weighted by Gasteiger charge is 2.38. The number of aliphatic carboxylic acids is 1. The van der Waals surface area contributed by atoms with Crippen LogP contribution in [0.2, 0.25) is 0 Å². The zero-order valence-corrected chi connectivity index (χ0v) is 15.4. The first-order chi connectivity index (χ1) is 13.5. The number of carboxylic acid groups (broad SMARTS) is 1. The molecule has 0 saturated carbocycles. The number of hydrogen-bond donors (Lipinski definition) is 1. The van der Waals surface area contributed by atoms with E-state index in [0.29, 0.717) is 43.7 Å². The minimum atomic E-state index is -0.833. The number of hydrogen-bond acceptors (Lipinski definition) is 5. The summed E-state index contributed by atoms with van der Waals surface area (Å²) in [7, 11) is 0. The van der Waals surface area contributed by atoms with E-state index in [-0.39, 0.29) is 30.0 Å². The average Bonchev–Trinajstić information content (AvgIpc) is 3.30. The number of rotatable bonds is 4. The van der Waals surface area contributed by atoms with Crippen molar-refractivity contribution in [1.82, 2.24) is 9.80 Å². The zero-order valence-electron chi connectivity index (χ0n) is 15.4. The number of carbonyl (C=O) groups excluding carboxylic acids is 3. The van der Waals surface area contributed by atoms with E-state index in [4.69, 9.17) is 9.84 Å². The molecule has 3 amide bonds. The lowest BCUT2D eigenvalue weighted by Gasteiger charge is -2.30. The van der Waals surface area contributed by atoms with Crippen LogP contribution in [0.3, 0.4) is 0 Å². The summed E-state index contributed by atoms with van der Waals surface area (Å²) in [6.07, 6.45) is 2.45. The van der Waals surface area contributed by atoms with Crippen LogP contribution in [-0.2, 0) is 9.53 Å². The number of fused-ring (bicyclic) bond motifs is 1. The molecule has 0 bridgehead atoms. The van der Waals surface area contributed by atoms with Gasteiger partial charge in [0, 0.05) is 25.3 Å². The number of nitrogens with zero attached hydrogens (tertiary/aromatic N) is 2. The van der Waals surface area contributed by atoms with Crippen molar-refractivity contribution in [3.8, 4) is 0 Å². The minimum Gasteiger partial charge on any atom is -0.481 e. The van der Waals surface area contributed by atoms with E-state index in [0.717, 1.165) is 12.8 Å². The van der Waals surface area contributed by atoms with E-state index >= 15 is 0 Å². The van der Waals surface area contributed by atoms with E-state index in [1.165, 1.54) is 17.0 Å². The highest BCUT2D eigenvalue weighted by molar-refractivity contribution is 6.22. The van der Waals surface area contributed by atoms with Gasteiger partial charge < -0.3 is 14.7 Å². The maximum absolute atomic E-state index is 12.8. The molecule has 1 unspecified atom stereocenters. The molecule has 4 rings (SSSR count). The van der Waals surface area contributed by atoms with Crippen LogP contribution < -0.4 is 0 Å². The standard InChI is InChI=1S/C20H22N2O6/c23-17(21-7-5-12(6-8-21)20(26)27)13-3-4-15-16(10-13)19(25)22(18(15)24)11-14-2-1-9-28-14/h3-4,10,12,14H,1-2,5-9,11H2,(H,26,27). The number of carbonyl (C=O) groups is 4. The minimum absolute atomic E-state index is 0.126. The van der Waals surface area contributed by atoms with Crippen LogP contribution in [0.1, 0.15) is 56.8 Å². The van der Waals surface area contributed by atoms with Gasteiger partial charge in [0.15, 0.2) is 0 Å². The van der Waals surface area contributed by atoms with Crippen LogP contribution in [0.5, 0.6) is 0 Å². The lowest BCUT2D eigenvalue weighted by molar-refractivity contribution is -0.143. The number of likely N-dealkylation sites (tertiary alicyclic amines) is 1. The van der Waals surface area contributed by atoms with E-state index < -0.39 is 17.8 Å². The van der Waals surface area contributed by atoms with Gasteiger partial charge in [-0.15, -0.1) is 0 Å². The normalized spacial score (nSPS) is 22.6. The van der Waals surface area contributed by atoms with E-state index in [1.54, 1.807) is 11.0 Å². The molecule has 1 aromatic carbocycles. The van der Waals surface area contributed by atoms with Crippen molar-refractivity contribution in [2.75, 3.05) is 26.2 Å². The van der Waals surface area contributed by atoms with Gasteiger partial charge in [0.2, 0.25) is 0 Å². The molecule has 2 fully saturated rings. The predicted molar refractivity (Wildman–Crippen MR) is 97.0 cm³/mol. The third-order valence-corrected chi connectivity index (χ3v) is 5.76. The van der Waals surface area contributed by atoms with Gasteiger partial charge in [0.1, 0.15) is 0 Å². The second-order valence-electron chi connectivity index (χ2n) is 7.52. The molecular formula is C20H22N2O6. The molecule has 8 nitrogen and oxygen atoms in total. The Morgan fingerprint density at radius 3 is 2.43 bits per heavy atom. The average molecular weight is 386 g/mol. The molecule has 3 aliphatic heterocycles. The molecule has 0 radical (unpaired) electrons. The van der Waals surface area contributed by atoms with Crippen molar-refractivity contribution in [3.05, 3.63) is 34.9 Å². The molecule has 0 aliphatic carbocycles. The molecule has 8 heteroatoms. The summed E-state index contributed by atoms with van der Waals surface area (Å²) in [6.45, 7) is 1.61. The van der Waals surface area contributed by atoms with Crippen molar-refractivity contribution in [3.63, 3.8) is 0 Å². The monoisotopic (exact) mass is 386 g/mol. The third kappa shape index (κ3) is 3.28. The maximum Gasteiger partial charge on any atom is 0.306 e. The Morgan fingerprint density at radius 1 is 1.07 bits per heavy atom. The Bertz CT molecular complexity index is 837. The van der Waals surface area contributed by atoms with Crippen molar-refractivity contribution in [1.29, 1.82) is 0 Å². The van der Waals surface area contributed by atoms with Gasteiger partial charge in [-0.25, -0.2) is 0 Å². The quantitative estimate of drug-likeness (QED) is 0.785. The first-order valence-corrected chi connectivity index (χ1v) is 9.59. The molecule has 148 valence electrons. The molecule has 0 aromatic heterocycles. The Balaban J connectivity index is 1.48. The molecule has 1 atom stereocenters. The van der Waals surface area contributed by atoms with Gasteiger partial charge in [0.05, 0.1) is 29.7 Å². The predicted octanol–water partition coefficient (Wildman–Crippen LogP) is 1.40. The van der Waals surface area contributed by atoms with Crippen LogP contribution in [0.25, 0.3) is 0 Å². The molecule has 1 aromatic rings. The Hall–Kier alpha value is -2.74. The second-order valence-corrected chi connectivity index (χ2v) is 7.52. The summed E-state index contributed by atoms with van der Waals surface area (Å²) in [4.78, 5) is 51.9. The number of amides is 3. The van der Waals surface area contributed by atoms with Crippen molar-refractivity contribution < 1.29 is 29.0 Å². The van der Waals surface area contributed by atoms with Gasteiger partial charge >= 0.3 is 5.97 Å². The van der Waals surface area contributed by atoms with Crippen LogP contribution in [-0.4, -0.2) is 70.9 Å². The lowest BCUT2D eigenvalue weighted by Crippen LogP contribution is -2.40. The van der Waals surface area contributed by atoms with Crippen molar-refractivity contribution >= 4 is 23.7 Å².